The number of hydrogen-bond donors (Lipinski definition) is 2. The van der Waals surface area contributed by atoms with Gasteiger partial charge in [-0.05, 0) is 55.8 Å². The van der Waals surface area contributed by atoms with Crippen LogP contribution in [0, 0.1) is 23.4 Å². The molecule has 1 fully saturated rings. The topological polar surface area (TPSA) is 82.5 Å². The fourth-order valence-corrected chi connectivity index (χ4v) is 4.70. The molecule has 0 atom stereocenters. The van der Waals surface area contributed by atoms with Gasteiger partial charge >= 0.3 is 0 Å². The van der Waals surface area contributed by atoms with Gasteiger partial charge in [-0.1, -0.05) is 4.68 Å². The second-order valence-corrected chi connectivity index (χ2v) is 9.19. The lowest BCUT2D eigenvalue weighted by molar-refractivity contribution is -0.437. The molecule has 10 heteroatoms. The molecule has 2 N–H and O–H groups in total. The number of carbonyl (C=O) groups excluding carboxylic acids is 1. The van der Waals surface area contributed by atoms with Crippen LogP contribution in [-0.4, -0.2) is 43.9 Å². The Balaban J connectivity index is 1.19. The van der Waals surface area contributed by atoms with Gasteiger partial charge in [0.25, 0.3) is 5.91 Å². The van der Waals surface area contributed by atoms with Gasteiger partial charge in [0.1, 0.15) is 0 Å². The van der Waals surface area contributed by atoms with Crippen LogP contribution in [0.3, 0.4) is 0 Å². The van der Waals surface area contributed by atoms with E-state index in [2.05, 4.69) is 10.4 Å². The van der Waals surface area contributed by atoms with Crippen molar-refractivity contribution in [1.29, 1.82) is 0 Å². The summed E-state index contributed by atoms with van der Waals surface area (Å²) in [6.45, 7) is 2.27. The Kier molecular flexibility index (Phi) is 6.04. The number of fused-ring (bicyclic) bond motifs is 1. The van der Waals surface area contributed by atoms with Gasteiger partial charge < -0.3 is 10.4 Å². The number of phenolic OH excluding ortho intramolecular Hbond substituents is 1. The van der Waals surface area contributed by atoms with Crippen LogP contribution >= 0.6 is 0 Å². The van der Waals surface area contributed by atoms with Crippen LogP contribution in [-0.2, 0) is 0 Å². The zero-order chi connectivity index (χ0) is 24.7. The molecule has 1 aromatic heterocycles. The number of benzene rings is 2. The highest BCUT2D eigenvalue weighted by Crippen LogP contribution is 2.33. The summed E-state index contributed by atoms with van der Waals surface area (Å²) >= 11 is 0. The molecular weight excluding hydrogens is 459 g/mol. The summed E-state index contributed by atoms with van der Waals surface area (Å²) in [5.74, 6) is -6.90. The van der Waals surface area contributed by atoms with Gasteiger partial charge in [-0.2, -0.15) is 9.49 Å². The Bertz CT molecular complexity index is 1370. The second-order valence-electron chi connectivity index (χ2n) is 9.19. The molecular formula is C25H25F3N5O2+. The average molecular weight is 485 g/mol. The summed E-state index contributed by atoms with van der Waals surface area (Å²) in [4.78, 5) is 12.3. The maximum Gasteiger partial charge on any atom is 0.254 e. The second kappa shape index (κ2) is 9.16. The monoisotopic (exact) mass is 484 g/mol. The number of phenols is 1. The zero-order valence-electron chi connectivity index (χ0n) is 19.1. The van der Waals surface area contributed by atoms with E-state index in [1.807, 2.05) is 46.9 Å². The van der Waals surface area contributed by atoms with Crippen LogP contribution in [0.1, 0.15) is 55.4 Å². The first-order chi connectivity index (χ1) is 16.8. The first-order valence-electron chi connectivity index (χ1n) is 11.6. The van der Waals surface area contributed by atoms with Gasteiger partial charge in [-0.15, -0.1) is 0 Å². The first kappa shape index (κ1) is 23.1. The SMILES string of the molecule is CC1=N[N+](c2ccc3cn([C@H]4CC[C@H](CNC(=O)c5cc(F)c(O)c(F)c5F)CC4)nc3c2)=CC1. The highest BCUT2D eigenvalue weighted by atomic mass is 19.2. The number of amides is 1. The minimum absolute atomic E-state index is 0.161. The zero-order valence-corrected chi connectivity index (χ0v) is 19.1. The predicted octanol–water partition coefficient (Wildman–Crippen LogP) is 4.81. The molecule has 2 aromatic carbocycles. The summed E-state index contributed by atoms with van der Waals surface area (Å²) in [6, 6.07) is 6.83. The summed E-state index contributed by atoms with van der Waals surface area (Å²) in [5.41, 5.74) is 2.18. The highest BCUT2D eigenvalue weighted by molar-refractivity contribution is 5.95. The molecule has 2 aliphatic rings. The normalized spacial score (nSPS) is 20.1. The Morgan fingerprint density at radius 3 is 2.66 bits per heavy atom. The minimum atomic E-state index is -1.77. The van der Waals surface area contributed by atoms with E-state index in [-0.39, 0.29) is 18.5 Å². The van der Waals surface area contributed by atoms with Crippen LogP contribution in [0.5, 0.6) is 5.75 Å². The van der Waals surface area contributed by atoms with Crippen LogP contribution in [0.25, 0.3) is 10.9 Å². The highest BCUT2D eigenvalue weighted by Gasteiger charge is 2.26. The fraction of sp³-hybridized carbons (Fsp3) is 0.360. The van der Waals surface area contributed by atoms with E-state index >= 15 is 0 Å². The molecule has 0 unspecified atom stereocenters. The molecule has 1 aliphatic heterocycles. The van der Waals surface area contributed by atoms with Crippen LogP contribution in [0.2, 0.25) is 0 Å². The molecule has 1 amide bonds. The molecule has 2 heterocycles. The molecule has 0 spiro atoms. The maximum atomic E-state index is 13.9. The third-order valence-electron chi connectivity index (χ3n) is 6.73. The van der Waals surface area contributed by atoms with Crippen LogP contribution in [0.15, 0.2) is 35.6 Å². The number of aromatic nitrogens is 2. The summed E-state index contributed by atoms with van der Waals surface area (Å²) < 4.78 is 44.9. The smallest absolute Gasteiger partial charge is 0.254 e. The van der Waals surface area contributed by atoms with Crippen molar-refractivity contribution in [3.05, 3.63) is 53.5 Å². The van der Waals surface area contributed by atoms with E-state index in [4.69, 9.17) is 10.2 Å². The van der Waals surface area contributed by atoms with Crippen LogP contribution < -0.4 is 5.32 Å². The number of halogens is 3. The lowest BCUT2D eigenvalue weighted by Crippen LogP contribution is -2.32. The van der Waals surface area contributed by atoms with Crippen molar-refractivity contribution in [1.82, 2.24) is 15.1 Å². The van der Waals surface area contributed by atoms with Gasteiger partial charge in [0.15, 0.2) is 23.6 Å². The van der Waals surface area contributed by atoms with E-state index in [0.717, 1.165) is 54.4 Å². The quantitative estimate of drug-likeness (QED) is 0.403. The van der Waals surface area contributed by atoms with Crippen molar-refractivity contribution in [3.8, 4) is 5.75 Å². The lowest BCUT2D eigenvalue weighted by Gasteiger charge is -2.28. The standard InChI is InChI=1S/C25H24F3N5O2/c1-14-8-9-32(30-14)18-7-4-16-13-33(31-21(16)10-18)17-5-2-15(3-6-17)12-29-25(35)19-11-20(26)24(34)23(28)22(19)27/h4,7,9-11,13,15,17H,2-3,5-6,8,12H2,1H3,(H-,29,34,35)/p+1/t15-,17-. The summed E-state index contributed by atoms with van der Waals surface area (Å²) in [5, 5.41) is 22.0. The Morgan fingerprint density at radius 1 is 1.17 bits per heavy atom. The van der Waals surface area contributed by atoms with Crippen molar-refractivity contribution in [2.24, 2.45) is 11.0 Å². The third-order valence-corrected chi connectivity index (χ3v) is 6.73. The van der Waals surface area contributed by atoms with Gasteiger partial charge in [0.2, 0.25) is 11.5 Å². The van der Waals surface area contributed by atoms with Crippen molar-refractivity contribution in [3.63, 3.8) is 0 Å². The number of carbonyl (C=O) groups is 1. The third kappa shape index (κ3) is 4.52. The van der Waals surface area contributed by atoms with Crippen molar-refractivity contribution in [2.45, 2.75) is 45.1 Å². The Morgan fingerprint density at radius 2 is 1.94 bits per heavy atom. The molecule has 5 rings (SSSR count). The average Bonchev–Trinajstić information content (AvgIpc) is 3.49. The van der Waals surface area contributed by atoms with Crippen molar-refractivity contribution < 1.29 is 27.8 Å². The Hall–Kier alpha value is -3.69. The molecule has 0 saturated heterocycles. The van der Waals surface area contributed by atoms with Gasteiger partial charge in [0.05, 0.1) is 29.3 Å². The van der Waals surface area contributed by atoms with Crippen molar-refractivity contribution in [2.75, 3.05) is 6.54 Å². The van der Waals surface area contributed by atoms with E-state index in [9.17, 15) is 18.0 Å². The Labute approximate surface area is 199 Å². The molecule has 0 bridgehead atoms. The maximum absolute atomic E-state index is 13.9. The number of rotatable bonds is 5. The number of aromatic hydroxyl groups is 1. The van der Waals surface area contributed by atoms with Gasteiger partial charge in [-0.3, -0.25) is 9.48 Å². The molecule has 1 saturated carbocycles. The molecule has 35 heavy (non-hydrogen) atoms. The van der Waals surface area contributed by atoms with E-state index in [1.165, 1.54) is 0 Å². The predicted molar refractivity (Wildman–Crippen MR) is 125 cm³/mol. The largest absolute Gasteiger partial charge is 0.503 e. The minimum Gasteiger partial charge on any atom is -0.503 e. The molecule has 7 nitrogen and oxygen atoms in total. The van der Waals surface area contributed by atoms with Gasteiger partial charge in [-0.25, -0.2) is 8.78 Å². The van der Waals surface area contributed by atoms with Gasteiger partial charge in [0, 0.05) is 30.3 Å². The van der Waals surface area contributed by atoms with E-state index in [1.54, 1.807) is 0 Å². The van der Waals surface area contributed by atoms with Crippen molar-refractivity contribution >= 4 is 34.4 Å². The fourth-order valence-electron chi connectivity index (χ4n) is 4.70. The number of nitrogens with zero attached hydrogens (tertiary/aromatic N) is 4. The number of hydrazone groups is 1. The van der Waals surface area contributed by atoms with E-state index < -0.39 is 34.7 Å². The summed E-state index contributed by atoms with van der Waals surface area (Å²) in [7, 11) is 0. The number of hydrogen-bond acceptors (Lipinski definition) is 4. The lowest BCUT2D eigenvalue weighted by atomic mass is 9.86. The summed E-state index contributed by atoms with van der Waals surface area (Å²) in [6.07, 6.45) is 8.30. The van der Waals surface area contributed by atoms with Crippen LogP contribution in [0.4, 0.5) is 18.9 Å². The molecule has 182 valence electrons. The molecule has 1 aliphatic carbocycles. The molecule has 3 aromatic rings. The first-order valence-corrected chi connectivity index (χ1v) is 11.6. The molecule has 0 radical (unpaired) electrons. The van der Waals surface area contributed by atoms with E-state index in [0.29, 0.717) is 6.07 Å². The number of nitrogens with one attached hydrogen (secondary N) is 1.